The molecule has 0 atom stereocenters. The van der Waals surface area contributed by atoms with Crippen LogP contribution < -0.4 is 0 Å². The summed E-state index contributed by atoms with van der Waals surface area (Å²) >= 11 is 0. The summed E-state index contributed by atoms with van der Waals surface area (Å²) in [7, 11) is 0. The minimum atomic E-state index is -0.305. The van der Waals surface area contributed by atoms with Gasteiger partial charge in [0.2, 0.25) is 0 Å². The summed E-state index contributed by atoms with van der Waals surface area (Å²) in [5.41, 5.74) is 2.71. The molecular formula is C17H11F2N. The van der Waals surface area contributed by atoms with Gasteiger partial charge in [-0.1, -0.05) is 30.3 Å². The lowest BCUT2D eigenvalue weighted by molar-refractivity contribution is 0.628. The first kappa shape index (κ1) is 12.5. The molecule has 3 aromatic rings. The predicted octanol–water partition coefficient (Wildman–Crippen LogP) is 4.69. The van der Waals surface area contributed by atoms with Crippen molar-refractivity contribution in [1.82, 2.24) is 4.98 Å². The zero-order valence-electron chi connectivity index (χ0n) is 10.6. The van der Waals surface area contributed by atoms with Crippen LogP contribution >= 0.6 is 0 Å². The summed E-state index contributed by atoms with van der Waals surface area (Å²) in [6, 6.07) is 17.9. The van der Waals surface area contributed by atoms with Crippen LogP contribution in [0.2, 0.25) is 0 Å². The fourth-order valence-electron chi connectivity index (χ4n) is 2.05. The van der Waals surface area contributed by atoms with Gasteiger partial charge in [-0.05, 0) is 36.4 Å². The zero-order chi connectivity index (χ0) is 13.9. The van der Waals surface area contributed by atoms with E-state index in [-0.39, 0.29) is 11.6 Å². The SMILES string of the molecule is Fc1cccc(-c2cccc(-c3cccc(F)c3)n2)c1. The molecule has 0 aliphatic rings. The van der Waals surface area contributed by atoms with Crippen molar-refractivity contribution in [1.29, 1.82) is 0 Å². The highest BCUT2D eigenvalue weighted by Gasteiger charge is 2.05. The Morgan fingerprint density at radius 2 is 1.05 bits per heavy atom. The molecule has 0 radical (unpaired) electrons. The van der Waals surface area contributed by atoms with E-state index in [9.17, 15) is 8.78 Å². The molecule has 1 aromatic heterocycles. The van der Waals surface area contributed by atoms with Crippen molar-refractivity contribution in [2.45, 2.75) is 0 Å². The molecule has 20 heavy (non-hydrogen) atoms. The topological polar surface area (TPSA) is 12.9 Å². The van der Waals surface area contributed by atoms with E-state index in [1.807, 2.05) is 6.07 Å². The average Bonchev–Trinajstić information content (AvgIpc) is 2.47. The van der Waals surface area contributed by atoms with Gasteiger partial charge in [-0.2, -0.15) is 0 Å². The number of hydrogen-bond acceptors (Lipinski definition) is 1. The number of hydrogen-bond donors (Lipinski definition) is 0. The van der Waals surface area contributed by atoms with E-state index < -0.39 is 0 Å². The molecule has 3 rings (SSSR count). The van der Waals surface area contributed by atoms with E-state index in [1.54, 1.807) is 36.4 Å². The smallest absolute Gasteiger partial charge is 0.123 e. The number of rotatable bonds is 2. The van der Waals surface area contributed by atoms with E-state index in [0.717, 1.165) is 0 Å². The summed E-state index contributed by atoms with van der Waals surface area (Å²) in [4.78, 5) is 4.46. The summed E-state index contributed by atoms with van der Waals surface area (Å²) < 4.78 is 26.5. The van der Waals surface area contributed by atoms with Gasteiger partial charge in [0.15, 0.2) is 0 Å². The van der Waals surface area contributed by atoms with Crippen molar-refractivity contribution >= 4 is 0 Å². The molecular weight excluding hydrogens is 256 g/mol. The van der Waals surface area contributed by atoms with Gasteiger partial charge in [-0.3, -0.25) is 0 Å². The Bertz CT molecular complexity index is 692. The van der Waals surface area contributed by atoms with Crippen molar-refractivity contribution in [2.75, 3.05) is 0 Å². The Morgan fingerprint density at radius 3 is 1.50 bits per heavy atom. The zero-order valence-corrected chi connectivity index (χ0v) is 10.6. The maximum absolute atomic E-state index is 13.3. The molecule has 0 unspecified atom stereocenters. The van der Waals surface area contributed by atoms with E-state index in [1.165, 1.54) is 24.3 Å². The van der Waals surface area contributed by atoms with Crippen molar-refractivity contribution in [3.8, 4) is 22.5 Å². The first-order valence-corrected chi connectivity index (χ1v) is 6.21. The predicted molar refractivity (Wildman–Crippen MR) is 75.0 cm³/mol. The number of benzene rings is 2. The molecule has 98 valence electrons. The van der Waals surface area contributed by atoms with Crippen LogP contribution in [0.5, 0.6) is 0 Å². The van der Waals surface area contributed by atoms with Gasteiger partial charge >= 0.3 is 0 Å². The molecule has 1 heterocycles. The van der Waals surface area contributed by atoms with Crippen LogP contribution in [0, 0.1) is 11.6 Å². The Balaban J connectivity index is 2.06. The Morgan fingerprint density at radius 1 is 0.600 bits per heavy atom. The lowest BCUT2D eigenvalue weighted by Gasteiger charge is -2.05. The lowest BCUT2D eigenvalue weighted by atomic mass is 10.1. The van der Waals surface area contributed by atoms with E-state index in [0.29, 0.717) is 22.5 Å². The third-order valence-electron chi connectivity index (χ3n) is 2.99. The molecule has 0 aliphatic heterocycles. The monoisotopic (exact) mass is 267 g/mol. The second-order valence-electron chi connectivity index (χ2n) is 4.43. The fraction of sp³-hybridized carbons (Fsp3) is 0. The molecule has 0 amide bonds. The average molecular weight is 267 g/mol. The minimum absolute atomic E-state index is 0.305. The van der Waals surface area contributed by atoms with Gasteiger partial charge in [0.05, 0.1) is 11.4 Å². The van der Waals surface area contributed by atoms with E-state index >= 15 is 0 Å². The molecule has 3 heteroatoms. The number of nitrogens with zero attached hydrogens (tertiary/aromatic N) is 1. The summed E-state index contributed by atoms with van der Waals surface area (Å²) in [6.45, 7) is 0. The number of halogens is 2. The van der Waals surface area contributed by atoms with Crippen LogP contribution in [-0.2, 0) is 0 Å². The molecule has 0 saturated carbocycles. The van der Waals surface area contributed by atoms with Crippen molar-refractivity contribution in [3.63, 3.8) is 0 Å². The normalized spacial score (nSPS) is 10.5. The van der Waals surface area contributed by atoms with Crippen molar-refractivity contribution in [3.05, 3.63) is 78.4 Å². The van der Waals surface area contributed by atoms with Crippen LogP contribution in [-0.4, -0.2) is 4.98 Å². The Kier molecular flexibility index (Phi) is 3.25. The van der Waals surface area contributed by atoms with Crippen LogP contribution in [0.15, 0.2) is 66.7 Å². The van der Waals surface area contributed by atoms with Crippen LogP contribution in [0.25, 0.3) is 22.5 Å². The van der Waals surface area contributed by atoms with Gasteiger partial charge in [-0.15, -0.1) is 0 Å². The lowest BCUT2D eigenvalue weighted by Crippen LogP contribution is -1.89. The standard InChI is InChI=1S/C17H11F2N/c18-14-6-1-4-12(10-14)16-8-3-9-17(20-16)13-5-2-7-15(19)11-13/h1-11H. The third kappa shape index (κ3) is 2.57. The molecule has 0 aliphatic carbocycles. The highest BCUT2D eigenvalue weighted by Crippen LogP contribution is 2.23. The molecule has 0 N–H and O–H groups in total. The summed E-state index contributed by atoms with van der Waals surface area (Å²) in [6.07, 6.45) is 0. The minimum Gasteiger partial charge on any atom is -0.248 e. The molecule has 0 fully saturated rings. The quantitative estimate of drug-likeness (QED) is 0.656. The van der Waals surface area contributed by atoms with E-state index in [2.05, 4.69) is 4.98 Å². The molecule has 2 aromatic carbocycles. The van der Waals surface area contributed by atoms with Crippen molar-refractivity contribution < 1.29 is 8.78 Å². The molecule has 0 bridgehead atoms. The Labute approximate surface area is 115 Å². The maximum atomic E-state index is 13.3. The van der Waals surface area contributed by atoms with Crippen LogP contribution in [0.3, 0.4) is 0 Å². The highest BCUT2D eigenvalue weighted by molar-refractivity contribution is 5.66. The van der Waals surface area contributed by atoms with Gasteiger partial charge in [-0.25, -0.2) is 13.8 Å². The first-order valence-electron chi connectivity index (χ1n) is 6.21. The fourth-order valence-corrected chi connectivity index (χ4v) is 2.05. The summed E-state index contributed by atoms with van der Waals surface area (Å²) in [5.74, 6) is -0.610. The second-order valence-corrected chi connectivity index (χ2v) is 4.43. The Hall–Kier alpha value is -2.55. The highest BCUT2D eigenvalue weighted by atomic mass is 19.1. The molecule has 0 saturated heterocycles. The van der Waals surface area contributed by atoms with Gasteiger partial charge in [0, 0.05) is 11.1 Å². The summed E-state index contributed by atoms with van der Waals surface area (Å²) in [5, 5.41) is 0. The van der Waals surface area contributed by atoms with E-state index in [4.69, 9.17) is 0 Å². The second kappa shape index (κ2) is 5.21. The van der Waals surface area contributed by atoms with Crippen molar-refractivity contribution in [2.24, 2.45) is 0 Å². The maximum Gasteiger partial charge on any atom is 0.123 e. The largest absolute Gasteiger partial charge is 0.248 e. The third-order valence-corrected chi connectivity index (χ3v) is 2.99. The number of aromatic nitrogens is 1. The molecule has 1 nitrogen and oxygen atoms in total. The van der Waals surface area contributed by atoms with Crippen LogP contribution in [0.1, 0.15) is 0 Å². The molecule has 0 spiro atoms. The van der Waals surface area contributed by atoms with Gasteiger partial charge in [0.25, 0.3) is 0 Å². The van der Waals surface area contributed by atoms with Gasteiger partial charge < -0.3 is 0 Å². The number of pyridine rings is 1. The van der Waals surface area contributed by atoms with Gasteiger partial charge in [0.1, 0.15) is 11.6 Å². The van der Waals surface area contributed by atoms with Crippen LogP contribution in [0.4, 0.5) is 8.78 Å². The first-order chi connectivity index (χ1) is 9.72.